The van der Waals surface area contributed by atoms with Crippen LogP contribution in [0.15, 0.2) is 23.1 Å². The van der Waals surface area contributed by atoms with Crippen LogP contribution in [0.1, 0.15) is 23.9 Å². The van der Waals surface area contributed by atoms with Crippen LogP contribution in [0.2, 0.25) is 0 Å². The summed E-state index contributed by atoms with van der Waals surface area (Å²) in [6.07, 6.45) is 4.17. The van der Waals surface area contributed by atoms with Crippen molar-refractivity contribution in [2.24, 2.45) is 7.05 Å². The Balaban J connectivity index is 1.97. The molecule has 110 valence electrons. The summed E-state index contributed by atoms with van der Waals surface area (Å²) in [6, 6.07) is 1.95. The van der Waals surface area contributed by atoms with Crippen molar-refractivity contribution in [3.05, 3.63) is 34.7 Å². The zero-order chi connectivity index (χ0) is 15.0. The molecule has 0 N–H and O–H groups in total. The highest BCUT2D eigenvalue weighted by molar-refractivity contribution is 9.10. The largest absolute Gasteiger partial charge is 0.311 e. The molecule has 6 nitrogen and oxygen atoms in total. The zero-order valence-corrected chi connectivity index (χ0v) is 14.0. The van der Waals surface area contributed by atoms with Crippen LogP contribution in [-0.2, 0) is 20.0 Å². The molecule has 0 bridgehead atoms. The number of hydrogen-bond acceptors (Lipinski definition) is 4. The second-order valence-corrected chi connectivity index (χ2v) is 6.39. The first-order valence-corrected chi connectivity index (χ1v) is 7.78. The van der Waals surface area contributed by atoms with Crippen LogP contribution in [0.5, 0.6) is 0 Å². The van der Waals surface area contributed by atoms with Crippen molar-refractivity contribution in [1.82, 2.24) is 29.3 Å². The summed E-state index contributed by atoms with van der Waals surface area (Å²) >= 11 is 9.66. The van der Waals surface area contributed by atoms with Gasteiger partial charge in [0.2, 0.25) is 0 Å². The Bertz CT molecular complexity index is 778. The van der Waals surface area contributed by atoms with E-state index in [1.807, 2.05) is 24.6 Å². The molecule has 0 aliphatic rings. The lowest BCUT2D eigenvalue weighted by molar-refractivity contribution is 0.637. The Morgan fingerprint density at radius 3 is 2.86 bits per heavy atom. The molecule has 0 amide bonds. The predicted octanol–water partition coefficient (Wildman–Crippen LogP) is 2.86. The van der Waals surface area contributed by atoms with Crippen LogP contribution < -0.4 is 0 Å². The van der Waals surface area contributed by atoms with Crippen LogP contribution in [0.25, 0.3) is 11.2 Å². The number of pyridine rings is 1. The van der Waals surface area contributed by atoms with Gasteiger partial charge in [0.1, 0.15) is 17.7 Å². The molecule has 3 rings (SSSR count). The van der Waals surface area contributed by atoms with E-state index in [4.69, 9.17) is 11.6 Å². The van der Waals surface area contributed by atoms with Crippen LogP contribution in [0.4, 0.5) is 0 Å². The van der Waals surface area contributed by atoms with Gasteiger partial charge in [0, 0.05) is 30.7 Å². The van der Waals surface area contributed by atoms with Gasteiger partial charge >= 0.3 is 0 Å². The summed E-state index contributed by atoms with van der Waals surface area (Å²) in [4.78, 5) is 13.3. The third kappa shape index (κ3) is 2.94. The number of fused-ring (bicyclic) bond motifs is 1. The fourth-order valence-corrected chi connectivity index (χ4v) is 2.72. The van der Waals surface area contributed by atoms with Crippen molar-refractivity contribution < 1.29 is 0 Å². The zero-order valence-electron chi connectivity index (χ0n) is 11.7. The van der Waals surface area contributed by atoms with E-state index in [1.165, 1.54) is 0 Å². The molecule has 21 heavy (non-hydrogen) atoms. The molecule has 0 saturated carbocycles. The first-order valence-electron chi connectivity index (χ1n) is 6.55. The lowest BCUT2D eigenvalue weighted by atomic mass is 10.3. The summed E-state index contributed by atoms with van der Waals surface area (Å²) in [5.74, 6) is 1.61. The number of imidazole rings is 1. The Morgan fingerprint density at radius 1 is 1.38 bits per heavy atom. The van der Waals surface area contributed by atoms with Gasteiger partial charge < -0.3 is 4.57 Å². The Morgan fingerprint density at radius 2 is 2.19 bits per heavy atom. The van der Waals surface area contributed by atoms with Crippen molar-refractivity contribution in [3.8, 4) is 0 Å². The number of hydrogen-bond donors (Lipinski definition) is 0. The molecule has 0 aliphatic heterocycles. The Labute approximate surface area is 135 Å². The summed E-state index contributed by atoms with van der Waals surface area (Å²) in [6.45, 7) is 2.61. The maximum Gasteiger partial charge on any atom is 0.160 e. The quantitative estimate of drug-likeness (QED) is 0.664. The molecule has 0 aromatic carbocycles. The van der Waals surface area contributed by atoms with E-state index in [-0.39, 0.29) is 5.38 Å². The van der Waals surface area contributed by atoms with Crippen molar-refractivity contribution in [2.45, 2.75) is 25.3 Å². The third-order valence-electron chi connectivity index (χ3n) is 3.14. The molecule has 0 aliphatic carbocycles. The first kappa shape index (κ1) is 14.5. The van der Waals surface area contributed by atoms with E-state index in [0.717, 1.165) is 27.3 Å². The van der Waals surface area contributed by atoms with Crippen LogP contribution in [0, 0.1) is 0 Å². The summed E-state index contributed by atoms with van der Waals surface area (Å²) in [5, 5.41) is 4.10. The number of nitrogens with zero attached hydrogens (tertiary/aromatic N) is 6. The standard InChI is InChI=1S/C13H14BrClN6/c1-8(15)12-18-10-5-9(14)6-16-13(10)21(12)4-3-11-17-7-20(2)19-11/h5-8H,3-4H2,1-2H3. The average Bonchev–Trinajstić information content (AvgIpc) is 2.99. The molecule has 0 saturated heterocycles. The average molecular weight is 370 g/mol. The van der Waals surface area contributed by atoms with Gasteiger partial charge in [0.05, 0.1) is 5.38 Å². The highest BCUT2D eigenvalue weighted by Crippen LogP contribution is 2.25. The highest BCUT2D eigenvalue weighted by Gasteiger charge is 2.16. The number of halogens is 2. The van der Waals surface area contributed by atoms with Gasteiger partial charge in [-0.3, -0.25) is 4.68 Å². The Kier molecular flexibility index (Phi) is 3.95. The minimum atomic E-state index is -0.185. The molecule has 8 heteroatoms. The second kappa shape index (κ2) is 5.73. The monoisotopic (exact) mass is 368 g/mol. The van der Waals surface area contributed by atoms with E-state index < -0.39 is 0 Å². The minimum Gasteiger partial charge on any atom is -0.311 e. The summed E-state index contributed by atoms with van der Waals surface area (Å²) in [5.41, 5.74) is 1.66. The van der Waals surface area contributed by atoms with Crippen LogP contribution >= 0.6 is 27.5 Å². The van der Waals surface area contributed by atoms with Gasteiger partial charge in [-0.05, 0) is 28.9 Å². The maximum atomic E-state index is 6.25. The number of rotatable bonds is 4. The minimum absolute atomic E-state index is 0.185. The summed E-state index contributed by atoms with van der Waals surface area (Å²) in [7, 11) is 1.86. The normalized spacial score (nSPS) is 13.0. The smallest absolute Gasteiger partial charge is 0.160 e. The van der Waals surface area contributed by atoms with Crippen LogP contribution in [0.3, 0.4) is 0 Å². The van der Waals surface area contributed by atoms with Gasteiger partial charge in [-0.2, -0.15) is 5.10 Å². The number of alkyl halides is 1. The van der Waals surface area contributed by atoms with Crippen molar-refractivity contribution >= 4 is 38.7 Å². The van der Waals surface area contributed by atoms with E-state index in [9.17, 15) is 0 Å². The molecule has 1 unspecified atom stereocenters. The van der Waals surface area contributed by atoms with E-state index in [0.29, 0.717) is 13.0 Å². The second-order valence-electron chi connectivity index (χ2n) is 4.82. The van der Waals surface area contributed by atoms with E-state index in [1.54, 1.807) is 17.2 Å². The maximum absolute atomic E-state index is 6.25. The first-order chi connectivity index (χ1) is 10.0. The van der Waals surface area contributed by atoms with E-state index in [2.05, 4.69) is 36.0 Å². The van der Waals surface area contributed by atoms with Crippen molar-refractivity contribution in [3.63, 3.8) is 0 Å². The Hall–Kier alpha value is -1.47. The summed E-state index contributed by atoms with van der Waals surface area (Å²) < 4.78 is 4.64. The number of aryl methyl sites for hydroxylation is 3. The number of aromatic nitrogens is 6. The molecule has 3 heterocycles. The third-order valence-corrected chi connectivity index (χ3v) is 3.77. The topological polar surface area (TPSA) is 61.4 Å². The SMILES string of the molecule is CC(Cl)c1nc2cc(Br)cnc2n1CCc1ncn(C)n1. The van der Waals surface area contributed by atoms with Crippen molar-refractivity contribution in [1.29, 1.82) is 0 Å². The molecule has 3 aromatic rings. The van der Waals surface area contributed by atoms with E-state index >= 15 is 0 Å². The highest BCUT2D eigenvalue weighted by atomic mass is 79.9. The molecule has 0 fully saturated rings. The predicted molar refractivity (Wildman–Crippen MR) is 84.2 cm³/mol. The molecule has 0 radical (unpaired) electrons. The fourth-order valence-electron chi connectivity index (χ4n) is 2.24. The van der Waals surface area contributed by atoms with Gasteiger partial charge in [-0.1, -0.05) is 0 Å². The van der Waals surface area contributed by atoms with Gasteiger partial charge in [-0.15, -0.1) is 11.6 Å². The van der Waals surface area contributed by atoms with Gasteiger partial charge in [0.15, 0.2) is 11.5 Å². The molecular formula is C13H14BrClN6. The van der Waals surface area contributed by atoms with Gasteiger partial charge in [-0.25, -0.2) is 15.0 Å². The molecule has 0 spiro atoms. The fraction of sp³-hybridized carbons (Fsp3) is 0.385. The molecule has 1 atom stereocenters. The van der Waals surface area contributed by atoms with Crippen LogP contribution in [-0.4, -0.2) is 29.3 Å². The molecule has 3 aromatic heterocycles. The lowest BCUT2D eigenvalue weighted by Gasteiger charge is -2.08. The molecular weight excluding hydrogens is 356 g/mol. The van der Waals surface area contributed by atoms with Gasteiger partial charge in [0.25, 0.3) is 0 Å². The lowest BCUT2D eigenvalue weighted by Crippen LogP contribution is -2.08. The van der Waals surface area contributed by atoms with Crippen molar-refractivity contribution in [2.75, 3.05) is 0 Å².